The maximum atomic E-state index is 13.3. The molecule has 37 heavy (non-hydrogen) atoms. The van der Waals surface area contributed by atoms with Gasteiger partial charge in [-0.05, 0) is 66.6 Å². The van der Waals surface area contributed by atoms with Gasteiger partial charge in [-0.25, -0.2) is 4.79 Å². The molecule has 0 aliphatic carbocycles. The molecule has 2 amide bonds. The number of carboxylic acids is 1. The number of anilines is 2. The second-order valence-electron chi connectivity index (χ2n) is 8.19. The van der Waals surface area contributed by atoms with E-state index in [4.69, 9.17) is 11.6 Å². The number of rotatable bonds is 8. The zero-order chi connectivity index (χ0) is 26.4. The van der Waals surface area contributed by atoms with Crippen LogP contribution in [-0.4, -0.2) is 22.9 Å². The number of nitrogens with one attached hydrogen (secondary N) is 2. The van der Waals surface area contributed by atoms with Crippen LogP contribution in [-0.2, 0) is 4.79 Å². The monoisotopic (exact) mass is 530 g/mol. The first-order valence-electron chi connectivity index (χ1n) is 11.3. The Morgan fingerprint density at radius 1 is 0.784 bits per heavy atom. The van der Waals surface area contributed by atoms with Crippen LogP contribution in [0.4, 0.5) is 11.4 Å². The zero-order valence-corrected chi connectivity index (χ0v) is 21.3. The Kier molecular flexibility index (Phi) is 8.28. The molecule has 0 saturated heterocycles. The Morgan fingerprint density at radius 2 is 1.41 bits per heavy atom. The van der Waals surface area contributed by atoms with E-state index in [0.29, 0.717) is 16.4 Å². The second-order valence-corrected chi connectivity index (χ2v) is 9.78. The molecule has 6 nitrogen and oxygen atoms in total. The summed E-state index contributed by atoms with van der Waals surface area (Å²) in [5.41, 5.74) is 2.88. The molecule has 0 aliphatic rings. The smallest absolute Gasteiger partial charge is 0.336 e. The van der Waals surface area contributed by atoms with Crippen LogP contribution in [0.15, 0.2) is 102 Å². The van der Waals surface area contributed by atoms with Crippen molar-refractivity contribution >= 4 is 52.5 Å². The van der Waals surface area contributed by atoms with Gasteiger partial charge in [-0.15, -0.1) is 11.8 Å². The molecule has 8 heteroatoms. The predicted octanol–water partition coefficient (Wildman–Crippen LogP) is 7.07. The molecule has 0 bridgehead atoms. The summed E-state index contributed by atoms with van der Waals surface area (Å²) in [6.07, 6.45) is 0. The van der Waals surface area contributed by atoms with Crippen molar-refractivity contribution in [2.45, 2.75) is 17.1 Å². The highest BCUT2D eigenvalue weighted by molar-refractivity contribution is 8.00. The number of hydrogen-bond donors (Lipinski definition) is 3. The molecule has 0 heterocycles. The van der Waals surface area contributed by atoms with Crippen molar-refractivity contribution in [1.29, 1.82) is 0 Å². The molecule has 1 atom stereocenters. The molecule has 0 aromatic heterocycles. The molecule has 186 valence electrons. The average molecular weight is 531 g/mol. The number of hydrogen-bond acceptors (Lipinski definition) is 4. The molecule has 0 saturated carbocycles. The van der Waals surface area contributed by atoms with E-state index in [2.05, 4.69) is 10.6 Å². The van der Waals surface area contributed by atoms with Gasteiger partial charge >= 0.3 is 5.97 Å². The minimum absolute atomic E-state index is 0.0706. The SMILES string of the molecule is Cc1ccc(NC(=O)C(Sc2ccc(NC(=O)c3ccccc3C(=O)O)cc2)c2ccccc2)cc1Cl. The van der Waals surface area contributed by atoms with Crippen LogP contribution in [0.2, 0.25) is 5.02 Å². The molecule has 0 spiro atoms. The predicted molar refractivity (Wildman–Crippen MR) is 148 cm³/mol. The van der Waals surface area contributed by atoms with Crippen LogP contribution < -0.4 is 10.6 Å². The summed E-state index contributed by atoms with van der Waals surface area (Å²) in [7, 11) is 0. The molecule has 4 aromatic rings. The first-order chi connectivity index (χ1) is 17.8. The highest BCUT2D eigenvalue weighted by atomic mass is 35.5. The number of thioether (sulfide) groups is 1. The standard InChI is InChI=1S/C29H23ClN2O4S/c1-18-11-12-21(17-25(18)30)32-28(34)26(19-7-3-2-4-8-19)37-22-15-13-20(14-16-22)31-27(33)23-9-5-6-10-24(23)29(35)36/h2-17,26H,1H3,(H,31,33)(H,32,34)(H,35,36). The van der Waals surface area contributed by atoms with Gasteiger partial charge in [0.1, 0.15) is 5.25 Å². The third-order valence-corrected chi connectivity index (χ3v) is 7.22. The van der Waals surface area contributed by atoms with Gasteiger partial charge < -0.3 is 15.7 Å². The molecule has 4 aromatic carbocycles. The molecule has 0 radical (unpaired) electrons. The van der Waals surface area contributed by atoms with Gasteiger partial charge in [0.25, 0.3) is 5.91 Å². The van der Waals surface area contributed by atoms with Gasteiger partial charge in [-0.1, -0.05) is 60.1 Å². The Balaban J connectivity index is 1.50. The van der Waals surface area contributed by atoms with Crippen LogP contribution in [0.3, 0.4) is 0 Å². The van der Waals surface area contributed by atoms with Gasteiger partial charge in [-0.2, -0.15) is 0 Å². The third kappa shape index (κ3) is 6.58. The van der Waals surface area contributed by atoms with Crippen LogP contribution in [0, 0.1) is 6.92 Å². The van der Waals surface area contributed by atoms with Crippen molar-refractivity contribution in [3.05, 3.63) is 124 Å². The summed E-state index contributed by atoms with van der Waals surface area (Å²) in [6, 6.07) is 27.9. The average Bonchev–Trinajstić information content (AvgIpc) is 2.90. The Hall–Kier alpha value is -4.07. The van der Waals surface area contributed by atoms with E-state index in [9.17, 15) is 19.5 Å². The lowest BCUT2D eigenvalue weighted by Gasteiger charge is -2.18. The first kappa shape index (κ1) is 26.0. The van der Waals surface area contributed by atoms with Gasteiger partial charge in [0, 0.05) is 21.3 Å². The fraction of sp³-hybridized carbons (Fsp3) is 0.0690. The summed E-state index contributed by atoms with van der Waals surface area (Å²) in [4.78, 5) is 38.2. The van der Waals surface area contributed by atoms with Gasteiger partial charge in [0.15, 0.2) is 0 Å². The lowest BCUT2D eigenvalue weighted by Crippen LogP contribution is -2.19. The summed E-state index contributed by atoms with van der Waals surface area (Å²) < 4.78 is 0. The number of aryl methyl sites for hydroxylation is 1. The Morgan fingerprint density at radius 3 is 2.05 bits per heavy atom. The van der Waals surface area contributed by atoms with E-state index in [1.807, 2.05) is 49.4 Å². The number of carbonyl (C=O) groups is 3. The maximum absolute atomic E-state index is 13.3. The largest absolute Gasteiger partial charge is 0.478 e. The van der Waals surface area contributed by atoms with E-state index in [1.54, 1.807) is 42.5 Å². The lowest BCUT2D eigenvalue weighted by atomic mass is 10.1. The van der Waals surface area contributed by atoms with Crippen molar-refractivity contribution in [3.8, 4) is 0 Å². The third-order valence-electron chi connectivity index (χ3n) is 5.55. The quantitative estimate of drug-likeness (QED) is 0.212. The van der Waals surface area contributed by atoms with Crippen LogP contribution >= 0.6 is 23.4 Å². The first-order valence-corrected chi connectivity index (χ1v) is 12.6. The van der Waals surface area contributed by atoms with Gasteiger partial charge in [0.2, 0.25) is 5.91 Å². The highest BCUT2D eigenvalue weighted by Gasteiger charge is 2.23. The molecular formula is C29H23ClN2O4S. The number of carboxylic acid groups (broad SMARTS) is 1. The maximum Gasteiger partial charge on any atom is 0.336 e. The normalized spacial score (nSPS) is 11.4. The Bertz CT molecular complexity index is 1440. The van der Waals surface area contributed by atoms with Crippen LogP contribution in [0.1, 0.15) is 37.1 Å². The number of aromatic carboxylic acids is 1. The molecule has 1 unspecified atom stereocenters. The second kappa shape index (κ2) is 11.8. The van der Waals surface area contributed by atoms with Crippen LogP contribution in [0.25, 0.3) is 0 Å². The van der Waals surface area contributed by atoms with E-state index in [0.717, 1.165) is 16.0 Å². The number of carbonyl (C=O) groups excluding carboxylic acids is 2. The van der Waals surface area contributed by atoms with Gasteiger partial charge in [-0.3, -0.25) is 9.59 Å². The van der Waals surface area contributed by atoms with Crippen molar-refractivity contribution in [2.24, 2.45) is 0 Å². The summed E-state index contributed by atoms with van der Waals surface area (Å²) >= 11 is 7.59. The lowest BCUT2D eigenvalue weighted by molar-refractivity contribution is -0.115. The van der Waals surface area contributed by atoms with E-state index in [1.165, 1.54) is 23.9 Å². The molecule has 3 N–H and O–H groups in total. The fourth-order valence-electron chi connectivity index (χ4n) is 3.60. The Labute approximate surface area is 223 Å². The van der Waals surface area contributed by atoms with Crippen molar-refractivity contribution < 1.29 is 19.5 Å². The van der Waals surface area contributed by atoms with Gasteiger partial charge in [0.05, 0.1) is 11.1 Å². The molecule has 0 aliphatic heterocycles. The number of benzene rings is 4. The molecular weight excluding hydrogens is 508 g/mol. The summed E-state index contributed by atoms with van der Waals surface area (Å²) in [5, 5.41) is 15.1. The minimum atomic E-state index is -1.17. The topological polar surface area (TPSA) is 95.5 Å². The molecule has 0 fully saturated rings. The highest BCUT2D eigenvalue weighted by Crippen LogP contribution is 2.37. The van der Waals surface area contributed by atoms with E-state index < -0.39 is 17.1 Å². The van der Waals surface area contributed by atoms with Crippen molar-refractivity contribution in [1.82, 2.24) is 0 Å². The number of halogens is 1. The zero-order valence-electron chi connectivity index (χ0n) is 19.8. The van der Waals surface area contributed by atoms with Crippen LogP contribution in [0.5, 0.6) is 0 Å². The summed E-state index contributed by atoms with van der Waals surface area (Å²) in [5.74, 6) is -1.88. The minimum Gasteiger partial charge on any atom is -0.478 e. The van der Waals surface area contributed by atoms with E-state index >= 15 is 0 Å². The van der Waals surface area contributed by atoms with E-state index in [-0.39, 0.29) is 17.0 Å². The number of amides is 2. The summed E-state index contributed by atoms with van der Waals surface area (Å²) in [6.45, 7) is 1.90. The molecule has 4 rings (SSSR count). The van der Waals surface area contributed by atoms with Crippen molar-refractivity contribution in [2.75, 3.05) is 10.6 Å². The fourth-order valence-corrected chi connectivity index (χ4v) is 4.80. The van der Waals surface area contributed by atoms with Crippen molar-refractivity contribution in [3.63, 3.8) is 0 Å².